The molecule has 3 nitrogen and oxygen atoms in total. The van der Waals surface area contributed by atoms with Crippen LogP contribution < -0.4 is 5.73 Å². The molecular formula is C16H13F2N3. The molecule has 3 N–H and O–H groups in total. The van der Waals surface area contributed by atoms with Crippen molar-refractivity contribution in [2.75, 3.05) is 5.73 Å². The van der Waals surface area contributed by atoms with Crippen molar-refractivity contribution in [3.05, 3.63) is 59.7 Å². The quantitative estimate of drug-likeness (QED) is 0.750. The van der Waals surface area contributed by atoms with Gasteiger partial charge in [-0.05, 0) is 30.7 Å². The number of H-pyrrole nitrogens is 1. The maximum atomic E-state index is 13.4. The summed E-state index contributed by atoms with van der Waals surface area (Å²) < 4.78 is 26.5. The molecular weight excluding hydrogens is 272 g/mol. The number of aryl methyl sites for hydroxylation is 1. The molecule has 0 aliphatic carbocycles. The molecule has 21 heavy (non-hydrogen) atoms. The van der Waals surface area contributed by atoms with Crippen LogP contribution in [-0.4, -0.2) is 10.2 Å². The smallest absolute Gasteiger partial charge is 0.159 e. The topological polar surface area (TPSA) is 54.7 Å². The highest BCUT2D eigenvalue weighted by atomic mass is 19.2. The summed E-state index contributed by atoms with van der Waals surface area (Å²) in [5, 5.41) is 6.78. The normalized spacial score (nSPS) is 10.8. The fourth-order valence-corrected chi connectivity index (χ4v) is 2.31. The average molecular weight is 285 g/mol. The Morgan fingerprint density at radius 1 is 1.00 bits per heavy atom. The van der Waals surface area contributed by atoms with Crippen LogP contribution in [0.4, 0.5) is 14.6 Å². The fraction of sp³-hybridized carbons (Fsp3) is 0.0625. The first-order valence-electron chi connectivity index (χ1n) is 6.42. The van der Waals surface area contributed by atoms with Crippen LogP contribution in [0.2, 0.25) is 0 Å². The van der Waals surface area contributed by atoms with Crippen LogP contribution in [0.1, 0.15) is 5.56 Å². The molecule has 0 aliphatic rings. The van der Waals surface area contributed by atoms with Crippen molar-refractivity contribution in [2.24, 2.45) is 0 Å². The number of nitrogens with two attached hydrogens (primary N) is 1. The molecule has 0 amide bonds. The molecule has 0 fully saturated rings. The van der Waals surface area contributed by atoms with E-state index in [2.05, 4.69) is 10.2 Å². The lowest BCUT2D eigenvalue weighted by atomic mass is 9.99. The molecule has 3 aromatic rings. The van der Waals surface area contributed by atoms with Crippen molar-refractivity contribution < 1.29 is 8.78 Å². The molecule has 1 heterocycles. The summed E-state index contributed by atoms with van der Waals surface area (Å²) in [5.74, 6) is -1.47. The van der Waals surface area contributed by atoms with E-state index in [0.29, 0.717) is 22.6 Å². The van der Waals surface area contributed by atoms with E-state index in [1.807, 2.05) is 31.2 Å². The first-order valence-corrected chi connectivity index (χ1v) is 6.42. The highest BCUT2D eigenvalue weighted by molar-refractivity contribution is 5.87. The van der Waals surface area contributed by atoms with Crippen LogP contribution >= 0.6 is 0 Å². The summed E-state index contributed by atoms with van der Waals surface area (Å²) in [6.45, 7) is 1.97. The first-order chi connectivity index (χ1) is 10.1. The fourth-order valence-electron chi connectivity index (χ4n) is 2.31. The number of nitrogen functional groups attached to an aromatic ring is 1. The monoisotopic (exact) mass is 285 g/mol. The van der Waals surface area contributed by atoms with E-state index < -0.39 is 11.6 Å². The number of hydrogen-bond donors (Lipinski definition) is 2. The van der Waals surface area contributed by atoms with Crippen molar-refractivity contribution in [1.82, 2.24) is 10.2 Å². The number of aromatic nitrogens is 2. The summed E-state index contributed by atoms with van der Waals surface area (Å²) in [6, 6.07) is 11.4. The maximum Gasteiger partial charge on any atom is 0.159 e. The SMILES string of the molecule is Cc1cccc(-c2c(N)n[nH]c2-c2ccc(F)c(F)c2)c1. The Balaban J connectivity index is 2.19. The lowest BCUT2D eigenvalue weighted by molar-refractivity contribution is 0.509. The number of nitrogens with zero attached hydrogens (tertiary/aromatic N) is 1. The van der Waals surface area contributed by atoms with Gasteiger partial charge in [0.05, 0.1) is 11.3 Å². The Labute approximate surface area is 120 Å². The van der Waals surface area contributed by atoms with Crippen LogP contribution in [0.15, 0.2) is 42.5 Å². The van der Waals surface area contributed by atoms with Crippen LogP contribution in [0.3, 0.4) is 0 Å². The lowest BCUT2D eigenvalue weighted by Crippen LogP contribution is -1.90. The summed E-state index contributed by atoms with van der Waals surface area (Å²) in [5.41, 5.74) is 9.61. The third-order valence-corrected chi connectivity index (χ3v) is 3.31. The van der Waals surface area contributed by atoms with Crippen molar-refractivity contribution in [3.63, 3.8) is 0 Å². The van der Waals surface area contributed by atoms with Gasteiger partial charge in [-0.1, -0.05) is 29.8 Å². The minimum Gasteiger partial charge on any atom is -0.382 e. The van der Waals surface area contributed by atoms with E-state index >= 15 is 0 Å². The summed E-state index contributed by atoms with van der Waals surface area (Å²) in [4.78, 5) is 0. The third-order valence-electron chi connectivity index (χ3n) is 3.31. The van der Waals surface area contributed by atoms with Gasteiger partial charge in [0.2, 0.25) is 0 Å². The highest BCUT2D eigenvalue weighted by Crippen LogP contribution is 2.35. The zero-order chi connectivity index (χ0) is 15.0. The average Bonchev–Trinajstić information content (AvgIpc) is 2.84. The van der Waals surface area contributed by atoms with Crippen LogP contribution in [0.5, 0.6) is 0 Å². The molecule has 2 aromatic carbocycles. The zero-order valence-corrected chi connectivity index (χ0v) is 11.3. The Kier molecular flexibility index (Phi) is 3.17. The molecule has 0 atom stereocenters. The summed E-state index contributed by atoms with van der Waals surface area (Å²) >= 11 is 0. The van der Waals surface area contributed by atoms with Gasteiger partial charge in [0.15, 0.2) is 17.5 Å². The molecule has 0 unspecified atom stereocenters. The predicted molar refractivity (Wildman–Crippen MR) is 78.5 cm³/mol. The van der Waals surface area contributed by atoms with Gasteiger partial charge in [-0.2, -0.15) is 5.10 Å². The van der Waals surface area contributed by atoms with E-state index in [-0.39, 0.29) is 0 Å². The molecule has 0 bridgehead atoms. The number of benzene rings is 2. The Bertz CT molecular complexity index is 809. The van der Waals surface area contributed by atoms with Gasteiger partial charge in [-0.3, -0.25) is 5.10 Å². The Morgan fingerprint density at radius 2 is 1.81 bits per heavy atom. The lowest BCUT2D eigenvalue weighted by Gasteiger charge is -2.06. The molecule has 0 saturated carbocycles. The standard InChI is InChI=1S/C16H13F2N3/c1-9-3-2-4-10(7-9)14-15(20-21-16(14)19)11-5-6-12(17)13(18)8-11/h2-8H,1H3,(H3,19,20,21). The predicted octanol–water partition coefficient (Wildman–Crippen LogP) is 3.91. The second-order valence-electron chi connectivity index (χ2n) is 4.86. The number of anilines is 1. The van der Waals surface area contributed by atoms with Crippen molar-refractivity contribution in [1.29, 1.82) is 0 Å². The summed E-state index contributed by atoms with van der Waals surface area (Å²) in [6.07, 6.45) is 0. The molecule has 1 aromatic heterocycles. The van der Waals surface area contributed by atoms with E-state index in [0.717, 1.165) is 23.3 Å². The molecule has 0 spiro atoms. The van der Waals surface area contributed by atoms with Crippen LogP contribution in [-0.2, 0) is 0 Å². The first kappa shape index (κ1) is 13.3. The van der Waals surface area contributed by atoms with E-state index in [1.165, 1.54) is 6.07 Å². The Hall–Kier alpha value is -2.69. The van der Waals surface area contributed by atoms with Crippen molar-refractivity contribution in [3.8, 4) is 22.4 Å². The summed E-state index contributed by atoms with van der Waals surface area (Å²) in [7, 11) is 0. The zero-order valence-electron chi connectivity index (χ0n) is 11.3. The van der Waals surface area contributed by atoms with Gasteiger partial charge < -0.3 is 5.73 Å². The highest BCUT2D eigenvalue weighted by Gasteiger charge is 2.16. The molecule has 5 heteroatoms. The van der Waals surface area contributed by atoms with E-state index in [4.69, 9.17) is 5.73 Å². The number of aromatic amines is 1. The molecule has 106 valence electrons. The third kappa shape index (κ3) is 2.38. The van der Waals surface area contributed by atoms with Gasteiger partial charge in [-0.25, -0.2) is 8.78 Å². The van der Waals surface area contributed by atoms with E-state index in [1.54, 1.807) is 0 Å². The Morgan fingerprint density at radius 3 is 2.52 bits per heavy atom. The van der Waals surface area contributed by atoms with Gasteiger partial charge in [0, 0.05) is 5.56 Å². The van der Waals surface area contributed by atoms with Crippen LogP contribution in [0.25, 0.3) is 22.4 Å². The second kappa shape index (κ2) is 5.01. The van der Waals surface area contributed by atoms with Crippen LogP contribution in [0, 0.1) is 18.6 Å². The van der Waals surface area contributed by atoms with Crippen molar-refractivity contribution in [2.45, 2.75) is 6.92 Å². The van der Waals surface area contributed by atoms with Gasteiger partial charge in [0.25, 0.3) is 0 Å². The minimum atomic E-state index is -0.907. The van der Waals surface area contributed by atoms with Gasteiger partial charge in [-0.15, -0.1) is 0 Å². The molecule has 0 radical (unpaired) electrons. The molecule has 3 rings (SSSR count). The maximum absolute atomic E-state index is 13.4. The molecule has 0 saturated heterocycles. The van der Waals surface area contributed by atoms with E-state index in [9.17, 15) is 8.78 Å². The number of nitrogens with one attached hydrogen (secondary N) is 1. The van der Waals surface area contributed by atoms with Gasteiger partial charge in [0.1, 0.15) is 0 Å². The number of halogens is 2. The van der Waals surface area contributed by atoms with Gasteiger partial charge >= 0.3 is 0 Å². The second-order valence-corrected chi connectivity index (χ2v) is 4.86. The number of hydrogen-bond acceptors (Lipinski definition) is 2. The van der Waals surface area contributed by atoms with Crippen molar-refractivity contribution >= 4 is 5.82 Å². The minimum absolute atomic E-state index is 0.320. The molecule has 0 aliphatic heterocycles. The number of rotatable bonds is 2. The largest absolute Gasteiger partial charge is 0.382 e.